The van der Waals surface area contributed by atoms with Gasteiger partial charge in [0.1, 0.15) is 4.88 Å². The molecule has 0 atom stereocenters. The second kappa shape index (κ2) is 7.14. The van der Waals surface area contributed by atoms with Gasteiger partial charge in [-0.05, 0) is 17.6 Å². The van der Waals surface area contributed by atoms with E-state index in [1.54, 1.807) is 23.3 Å². The molecule has 0 radical (unpaired) electrons. The Hall–Kier alpha value is -1.75. The molecular weight excluding hydrogens is 294 g/mol. The first-order valence-electron chi connectivity index (χ1n) is 5.90. The summed E-state index contributed by atoms with van der Waals surface area (Å²) in [7, 11) is 1.75. The highest BCUT2D eigenvalue weighted by molar-refractivity contribution is 7.10. The summed E-state index contributed by atoms with van der Waals surface area (Å²) in [6.07, 6.45) is 1.95. The quantitative estimate of drug-likeness (QED) is 0.872. The minimum absolute atomic E-state index is 0.0735. The van der Waals surface area contributed by atoms with Crippen molar-refractivity contribution in [2.24, 2.45) is 0 Å². The van der Waals surface area contributed by atoms with Crippen molar-refractivity contribution < 1.29 is 9.90 Å². The van der Waals surface area contributed by atoms with Crippen LogP contribution in [0.3, 0.4) is 0 Å². The highest BCUT2D eigenvalue weighted by Crippen LogP contribution is 2.17. The van der Waals surface area contributed by atoms with Crippen LogP contribution in [0.5, 0.6) is 0 Å². The van der Waals surface area contributed by atoms with Crippen LogP contribution in [-0.4, -0.2) is 39.2 Å². The molecule has 0 aliphatic carbocycles. The van der Waals surface area contributed by atoms with E-state index in [4.69, 9.17) is 5.11 Å². The third-order valence-electron chi connectivity index (χ3n) is 2.44. The number of amides is 1. The zero-order valence-corrected chi connectivity index (χ0v) is 12.5. The number of hydrogen-bond donors (Lipinski definition) is 1. The molecule has 7 heteroatoms. The van der Waals surface area contributed by atoms with Gasteiger partial charge in [-0.25, -0.2) is 0 Å². The number of aliphatic hydroxyl groups excluding tert-OH is 1. The number of carbonyl (C=O) groups is 1. The van der Waals surface area contributed by atoms with Gasteiger partial charge in [0.15, 0.2) is 0 Å². The molecule has 0 saturated carbocycles. The van der Waals surface area contributed by atoms with Gasteiger partial charge in [-0.2, -0.15) is 0 Å². The number of thiophene rings is 1. The van der Waals surface area contributed by atoms with Crippen LogP contribution in [0.1, 0.15) is 26.5 Å². The fourth-order valence-corrected chi connectivity index (χ4v) is 2.88. The summed E-state index contributed by atoms with van der Waals surface area (Å²) in [5.74, 6) is 5.77. The molecule has 2 heterocycles. The fraction of sp³-hybridized carbons (Fsp3) is 0.308. The summed E-state index contributed by atoms with van der Waals surface area (Å²) in [6.45, 7) is 0.604. The van der Waals surface area contributed by atoms with Crippen LogP contribution in [0.2, 0.25) is 0 Å². The molecule has 0 unspecified atom stereocenters. The standard InChI is InChI=1S/C13H13N3O2S2/c1-16(13(18)12-7-14-15-20-12)8-11-6-10(9-19-11)4-2-3-5-17/h6-7,9,17H,3,5,8H2,1H3. The number of nitrogens with zero attached hydrogens (tertiary/aromatic N) is 3. The topological polar surface area (TPSA) is 66.3 Å². The van der Waals surface area contributed by atoms with Crippen LogP contribution in [0.4, 0.5) is 0 Å². The minimum Gasteiger partial charge on any atom is -0.395 e. The Balaban J connectivity index is 1.97. The monoisotopic (exact) mass is 307 g/mol. The predicted molar refractivity (Wildman–Crippen MR) is 78.6 cm³/mol. The number of aliphatic hydroxyl groups is 1. The Labute approximate surface area is 125 Å². The highest BCUT2D eigenvalue weighted by Gasteiger charge is 2.14. The summed E-state index contributed by atoms with van der Waals surface area (Å²) >= 11 is 2.66. The van der Waals surface area contributed by atoms with Crippen LogP contribution in [0, 0.1) is 11.8 Å². The summed E-state index contributed by atoms with van der Waals surface area (Å²) in [5.41, 5.74) is 0.916. The average molecular weight is 307 g/mol. The molecule has 2 rings (SSSR count). The second-order valence-electron chi connectivity index (χ2n) is 4.02. The average Bonchev–Trinajstić information content (AvgIpc) is 3.09. The van der Waals surface area contributed by atoms with E-state index in [-0.39, 0.29) is 12.5 Å². The maximum Gasteiger partial charge on any atom is 0.267 e. The maximum absolute atomic E-state index is 12.0. The molecule has 0 fully saturated rings. The molecule has 1 amide bonds. The zero-order chi connectivity index (χ0) is 14.4. The molecule has 0 aliphatic heterocycles. The molecule has 0 aromatic carbocycles. The van der Waals surface area contributed by atoms with Crippen LogP contribution < -0.4 is 0 Å². The van der Waals surface area contributed by atoms with E-state index in [1.165, 1.54) is 6.20 Å². The normalized spacial score (nSPS) is 9.90. The molecular formula is C13H13N3O2S2. The van der Waals surface area contributed by atoms with Crippen LogP contribution >= 0.6 is 22.9 Å². The van der Waals surface area contributed by atoms with Crippen molar-refractivity contribution in [3.63, 3.8) is 0 Å². The summed E-state index contributed by atoms with van der Waals surface area (Å²) in [6, 6.07) is 1.96. The van der Waals surface area contributed by atoms with Gasteiger partial charge in [0, 0.05) is 29.3 Å². The maximum atomic E-state index is 12.0. The van der Waals surface area contributed by atoms with E-state index in [9.17, 15) is 4.79 Å². The Kier molecular flexibility index (Phi) is 5.24. The van der Waals surface area contributed by atoms with E-state index in [2.05, 4.69) is 21.4 Å². The Bertz CT molecular complexity index is 626. The number of aromatic nitrogens is 2. The van der Waals surface area contributed by atoms with E-state index in [1.807, 2.05) is 11.4 Å². The van der Waals surface area contributed by atoms with Crippen LogP contribution in [0.15, 0.2) is 17.6 Å². The lowest BCUT2D eigenvalue weighted by molar-refractivity contribution is 0.0791. The third kappa shape index (κ3) is 3.87. The molecule has 104 valence electrons. The van der Waals surface area contributed by atoms with Gasteiger partial charge in [0.2, 0.25) is 0 Å². The first kappa shape index (κ1) is 14.7. The van der Waals surface area contributed by atoms with Crippen LogP contribution in [0.25, 0.3) is 0 Å². The van der Waals surface area contributed by atoms with Gasteiger partial charge in [-0.15, -0.1) is 16.4 Å². The number of carbonyl (C=O) groups excluding carboxylic acids is 1. The SMILES string of the molecule is CN(Cc1cc(C#CCCO)cs1)C(=O)c1cnns1. The van der Waals surface area contributed by atoms with Crippen LogP contribution in [-0.2, 0) is 6.54 Å². The molecule has 20 heavy (non-hydrogen) atoms. The lowest BCUT2D eigenvalue weighted by atomic mass is 10.3. The van der Waals surface area contributed by atoms with Crippen molar-refractivity contribution in [2.75, 3.05) is 13.7 Å². The van der Waals surface area contributed by atoms with Crippen molar-refractivity contribution in [1.82, 2.24) is 14.5 Å². The highest BCUT2D eigenvalue weighted by atomic mass is 32.1. The minimum atomic E-state index is -0.0821. The lowest BCUT2D eigenvalue weighted by Gasteiger charge is -2.14. The van der Waals surface area contributed by atoms with E-state index < -0.39 is 0 Å². The molecule has 1 N–H and O–H groups in total. The van der Waals surface area contributed by atoms with Gasteiger partial charge < -0.3 is 10.0 Å². The van der Waals surface area contributed by atoms with Crippen molar-refractivity contribution in [1.29, 1.82) is 0 Å². The predicted octanol–water partition coefficient (Wildman–Crippen LogP) is 1.61. The molecule has 5 nitrogen and oxygen atoms in total. The van der Waals surface area contributed by atoms with E-state index in [0.717, 1.165) is 22.0 Å². The van der Waals surface area contributed by atoms with E-state index >= 15 is 0 Å². The zero-order valence-electron chi connectivity index (χ0n) is 10.9. The first-order chi connectivity index (χ1) is 9.70. The summed E-state index contributed by atoms with van der Waals surface area (Å²) in [4.78, 5) is 15.3. The Morgan fingerprint density at radius 1 is 1.55 bits per heavy atom. The van der Waals surface area contributed by atoms with Crippen molar-refractivity contribution in [2.45, 2.75) is 13.0 Å². The van der Waals surface area contributed by atoms with Gasteiger partial charge in [-0.3, -0.25) is 4.79 Å². The fourth-order valence-electron chi connectivity index (χ4n) is 1.50. The summed E-state index contributed by atoms with van der Waals surface area (Å²) < 4.78 is 3.69. The van der Waals surface area contributed by atoms with Gasteiger partial charge in [0.05, 0.1) is 19.3 Å². The molecule has 2 aromatic rings. The Morgan fingerprint density at radius 3 is 3.10 bits per heavy atom. The lowest BCUT2D eigenvalue weighted by Crippen LogP contribution is -2.24. The van der Waals surface area contributed by atoms with E-state index in [0.29, 0.717) is 17.8 Å². The smallest absolute Gasteiger partial charge is 0.267 e. The van der Waals surface area contributed by atoms with Gasteiger partial charge in [-0.1, -0.05) is 16.3 Å². The first-order valence-corrected chi connectivity index (χ1v) is 7.56. The van der Waals surface area contributed by atoms with Crippen molar-refractivity contribution in [3.05, 3.63) is 33.0 Å². The molecule has 2 aromatic heterocycles. The third-order valence-corrected chi connectivity index (χ3v) is 4.01. The largest absolute Gasteiger partial charge is 0.395 e. The molecule has 0 aliphatic rings. The second-order valence-corrected chi connectivity index (χ2v) is 5.80. The van der Waals surface area contributed by atoms with Crippen molar-refractivity contribution >= 4 is 28.8 Å². The Morgan fingerprint density at radius 2 is 2.40 bits per heavy atom. The van der Waals surface area contributed by atoms with Gasteiger partial charge >= 0.3 is 0 Å². The van der Waals surface area contributed by atoms with Gasteiger partial charge in [0.25, 0.3) is 5.91 Å². The summed E-state index contributed by atoms with van der Waals surface area (Å²) in [5, 5.41) is 14.3. The molecule has 0 spiro atoms. The van der Waals surface area contributed by atoms with Crippen molar-refractivity contribution in [3.8, 4) is 11.8 Å². The molecule has 0 bridgehead atoms. The number of rotatable bonds is 4. The number of hydrogen-bond acceptors (Lipinski definition) is 6. The molecule has 0 saturated heterocycles.